The summed E-state index contributed by atoms with van der Waals surface area (Å²) in [6.07, 6.45) is 1.44. The Morgan fingerprint density at radius 2 is 1.85 bits per heavy atom. The second-order valence-corrected chi connectivity index (χ2v) is 6.96. The van der Waals surface area contributed by atoms with Gasteiger partial charge in [-0.15, -0.1) is 0 Å². The summed E-state index contributed by atoms with van der Waals surface area (Å²) in [5, 5.41) is 2.63. The zero-order chi connectivity index (χ0) is 19.2. The van der Waals surface area contributed by atoms with Crippen molar-refractivity contribution < 1.29 is 18.8 Å². The molecule has 3 amide bonds. The number of hydrogen-bond acceptors (Lipinski definition) is 4. The van der Waals surface area contributed by atoms with Crippen molar-refractivity contribution >= 4 is 17.7 Å². The molecule has 1 N–H and O–H groups in total. The molecule has 2 aromatic rings. The Morgan fingerprint density at radius 1 is 1.15 bits per heavy atom. The summed E-state index contributed by atoms with van der Waals surface area (Å²) in [5.41, 5.74) is 3.31. The van der Waals surface area contributed by atoms with Gasteiger partial charge in [-0.2, -0.15) is 0 Å². The average Bonchev–Trinajstić information content (AvgIpc) is 3.21. The maximum absolute atomic E-state index is 12.8. The van der Waals surface area contributed by atoms with Crippen molar-refractivity contribution in [2.24, 2.45) is 0 Å². The number of nitrogens with one attached hydrogen (secondary N) is 1. The molecular formula is C20H22N2O4. The lowest BCUT2D eigenvalue weighted by Gasteiger charge is -2.19. The third kappa shape index (κ3) is 2.62. The Labute approximate surface area is 152 Å². The molecule has 0 bridgehead atoms. The van der Waals surface area contributed by atoms with Crippen molar-refractivity contribution in [1.82, 2.24) is 10.2 Å². The normalized spacial score (nSPS) is 19.8. The molecule has 0 aliphatic carbocycles. The summed E-state index contributed by atoms with van der Waals surface area (Å²) in [6, 6.07) is 4.50. The molecule has 6 nitrogen and oxygen atoms in total. The van der Waals surface area contributed by atoms with Gasteiger partial charge in [0.05, 0.1) is 12.8 Å². The molecule has 1 atom stereocenters. The van der Waals surface area contributed by atoms with Crippen LogP contribution in [-0.2, 0) is 10.3 Å². The van der Waals surface area contributed by atoms with Gasteiger partial charge in [-0.3, -0.25) is 14.5 Å². The Balaban J connectivity index is 1.89. The number of rotatable bonds is 4. The molecule has 1 aromatic carbocycles. The lowest BCUT2D eigenvalue weighted by Crippen LogP contribution is -2.41. The van der Waals surface area contributed by atoms with Gasteiger partial charge >= 0.3 is 6.03 Å². The second kappa shape index (κ2) is 6.12. The maximum atomic E-state index is 12.8. The number of imide groups is 1. The molecule has 0 saturated carbocycles. The van der Waals surface area contributed by atoms with E-state index in [0.717, 1.165) is 27.2 Å². The van der Waals surface area contributed by atoms with Crippen LogP contribution >= 0.6 is 0 Å². The number of aryl methyl sites for hydroxylation is 1. The van der Waals surface area contributed by atoms with Gasteiger partial charge in [0, 0.05) is 5.56 Å². The first-order chi connectivity index (χ1) is 12.2. The quantitative estimate of drug-likeness (QED) is 0.676. The van der Waals surface area contributed by atoms with Crippen molar-refractivity contribution in [2.45, 2.75) is 40.2 Å². The summed E-state index contributed by atoms with van der Waals surface area (Å²) in [4.78, 5) is 38.9. The van der Waals surface area contributed by atoms with E-state index < -0.39 is 17.5 Å². The fraction of sp³-hybridized carbons (Fsp3) is 0.350. The molecule has 0 spiro atoms. The Hall–Kier alpha value is -2.89. The molecule has 1 fully saturated rings. The smallest absolute Gasteiger partial charge is 0.325 e. The number of amides is 3. The number of nitrogens with zero attached hydrogens (tertiary/aromatic N) is 1. The maximum Gasteiger partial charge on any atom is 0.325 e. The van der Waals surface area contributed by atoms with Crippen LogP contribution in [0.4, 0.5) is 4.79 Å². The molecule has 3 rings (SSSR count). The van der Waals surface area contributed by atoms with Crippen LogP contribution in [0.2, 0.25) is 0 Å². The number of furan rings is 1. The first-order valence-corrected chi connectivity index (χ1v) is 8.45. The van der Waals surface area contributed by atoms with Gasteiger partial charge in [0.15, 0.2) is 11.3 Å². The van der Waals surface area contributed by atoms with E-state index in [2.05, 4.69) is 5.32 Å². The highest BCUT2D eigenvalue weighted by atomic mass is 16.3. The minimum Gasteiger partial charge on any atom is -0.466 e. The highest BCUT2D eigenvalue weighted by molar-refractivity contribution is 6.11. The van der Waals surface area contributed by atoms with E-state index in [1.165, 1.54) is 6.26 Å². The SMILES string of the molecule is Cc1cc(C(=O)CN2C(=O)N[C@@](C)(c3ccco3)C2=O)c(C)c(C)c1C. The molecule has 26 heavy (non-hydrogen) atoms. The number of ketones is 1. The van der Waals surface area contributed by atoms with Gasteiger partial charge in [0.25, 0.3) is 5.91 Å². The lowest BCUT2D eigenvalue weighted by molar-refractivity contribution is -0.131. The number of hydrogen-bond donors (Lipinski definition) is 1. The number of carbonyl (C=O) groups is 3. The zero-order valence-corrected chi connectivity index (χ0v) is 15.6. The molecular weight excluding hydrogens is 332 g/mol. The number of carbonyl (C=O) groups excluding carboxylic acids is 3. The van der Waals surface area contributed by atoms with Gasteiger partial charge in [0.2, 0.25) is 0 Å². The Morgan fingerprint density at radius 3 is 2.46 bits per heavy atom. The molecule has 1 aromatic heterocycles. The summed E-state index contributed by atoms with van der Waals surface area (Å²) in [6.45, 7) is 9.08. The van der Waals surface area contributed by atoms with Crippen LogP contribution in [0.15, 0.2) is 28.9 Å². The van der Waals surface area contributed by atoms with Crippen LogP contribution in [0.1, 0.15) is 45.3 Å². The Kier molecular flexibility index (Phi) is 4.22. The van der Waals surface area contributed by atoms with Gasteiger partial charge in [-0.25, -0.2) is 4.79 Å². The third-order valence-electron chi connectivity index (χ3n) is 5.37. The van der Waals surface area contributed by atoms with E-state index in [4.69, 9.17) is 4.42 Å². The van der Waals surface area contributed by atoms with Crippen molar-refractivity contribution in [3.8, 4) is 0 Å². The predicted molar refractivity (Wildman–Crippen MR) is 96.0 cm³/mol. The Bertz CT molecular complexity index is 914. The molecule has 2 heterocycles. The fourth-order valence-electron chi connectivity index (χ4n) is 3.30. The molecule has 0 unspecified atom stereocenters. The summed E-state index contributed by atoms with van der Waals surface area (Å²) in [5.74, 6) is -0.422. The molecule has 1 saturated heterocycles. The predicted octanol–water partition coefficient (Wildman–Crippen LogP) is 3.16. The van der Waals surface area contributed by atoms with Crippen LogP contribution in [0.3, 0.4) is 0 Å². The van der Waals surface area contributed by atoms with Gasteiger partial charge in [-0.1, -0.05) is 0 Å². The summed E-state index contributed by atoms with van der Waals surface area (Å²) in [7, 11) is 0. The highest BCUT2D eigenvalue weighted by Gasteiger charge is 2.51. The van der Waals surface area contributed by atoms with E-state index in [-0.39, 0.29) is 12.3 Å². The van der Waals surface area contributed by atoms with E-state index in [0.29, 0.717) is 11.3 Å². The van der Waals surface area contributed by atoms with Gasteiger partial charge in [0.1, 0.15) is 5.76 Å². The minimum absolute atomic E-state index is 0.263. The number of Topliss-reactive ketones (excluding diaryl/α,β-unsaturated/α-hetero) is 1. The van der Waals surface area contributed by atoms with E-state index in [1.54, 1.807) is 19.1 Å². The monoisotopic (exact) mass is 354 g/mol. The van der Waals surface area contributed by atoms with Gasteiger partial charge < -0.3 is 9.73 Å². The van der Waals surface area contributed by atoms with Crippen LogP contribution in [-0.4, -0.2) is 29.2 Å². The largest absolute Gasteiger partial charge is 0.466 e. The highest BCUT2D eigenvalue weighted by Crippen LogP contribution is 2.29. The van der Waals surface area contributed by atoms with Crippen LogP contribution in [0.25, 0.3) is 0 Å². The number of benzene rings is 1. The van der Waals surface area contributed by atoms with Crippen LogP contribution in [0.5, 0.6) is 0 Å². The molecule has 0 radical (unpaired) electrons. The lowest BCUT2D eigenvalue weighted by atomic mass is 9.92. The van der Waals surface area contributed by atoms with E-state index in [1.807, 2.05) is 33.8 Å². The standard InChI is InChI=1S/C20H22N2O4/c1-11-9-15(14(4)13(3)12(11)2)16(23)10-22-18(24)20(5,21-19(22)25)17-7-6-8-26-17/h6-9H,10H2,1-5H3,(H,21,25)/t20-/m0/s1. The second-order valence-electron chi connectivity index (χ2n) is 6.96. The van der Waals surface area contributed by atoms with Crippen molar-refractivity contribution in [1.29, 1.82) is 0 Å². The minimum atomic E-state index is -1.30. The van der Waals surface area contributed by atoms with Crippen LogP contribution < -0.4 is 5.32 Å². The fourth-order valence-corrected chi connectivity index (χ4v) is 3.30. The summed E-state index contributed by atoms with van der Waals surface area (Å²) < 4.78 is 5.29. The van der Waals surface area contributed by atoms with Crippen LogP contribution in [0, 0.1) is 27.7 Å². The summed E-state index contributed by atoms with van der Waals surface area (Å²) >= 11 is 0. The van der Waals surface area contributed by atoms with Crippen molar-refractivity contribution in [2.75, 3.05) is 6.54 Å². The molecule has 1 aliphatic rings. The van der Waals surface area contributed by atoms with E-state index in [9.17, 15) is 14.4 Å². The van der Waals surface area contributed by atoms with Crippen molar-refractivity contribution in [3.63, 3.8) is 0 Å². The molecule has 136 valence electrons. The van der Waals surface area contributed by atoms with E-state index >= 15 is 0 Å². The van der Waals surface area contributed by atoms with Gasteiger partial charge in [-0.05, 0) is 75.1 Å². The first-order valence-electron chi connectivity index (χ1n) is 8.45. The third-order valence-corrected chi connectivity index (χ3v) is 5.37. The number of urea groups is 1. The zero-order valence-electron chi connectivity index (χ0n) is 15.6. The van der Waals surface area contributed by atoms with Crippen molar-refractivity contribution in [3.05, 3.63) is 58.0 Å². The molecule has 1 aliphatic heterocycles. The topological polar surface area (TPSA) is 79.6 Å². The molecule has 6 heteroatoms. The average molecular weight is 354 g/mol. The first kappa shape index (κ1) is 17.9.